The lowest BCUT2D eigenvalue weighted by atomic mass is 10.1. The summed E-state index contributed by atoms with van der Waals surface area (Å²) in [5, 5.41) is 0. The quantitative estimate of drug-likeness (QED) is 0.614. The van der Waals surface area contributed by atoms with Crippen LogP contribution in [0.5, 0.6) is 0 Å². The number of nitrogens with two attached hydrogens (primary N) is 1. The molecule has 0 aliphatic carbocycles. The van der Waals surface area contributed by atoms with Gasteiger partial charge in [0.05, 0.1) is 5.60 Å². The van der Waals surface area contributed by atoms with E-state index in [9.17, 15) is 0 Å². The molecule has 0 radical (unpaired) electrons. The van der Waals surface area contributed by atoms with Gasteiger partial charge in [-0.2, -0.15) is 11.8 Å². The molecule has 2 nitrogen and oxygen atoms in total. The van der Waals surface area contributed by atoms with Crippen molar-refractivity contribution in [1.82, 2.24) is 0 Å². The highest BCUT2D eigenvalue weighted by Crippen LogP contribution is 2.13. The first-order valence-electron chi connectivity index (χ1n) is 2.99. The van der Waals surface area contributed by atoms with Gasteiger partial charge in [0.15, 0.2) is 0 Å². The lowest BCUT2D eigenvalue weighted by Crippen LogP contribution is -2.28. The normalized spacial score (nSPS) is 12.0. The van der Waals surface area contributed by atoms with Crippen molar-refractivity contribution in [3.63, 3.8) is 0 Å². The minimum Gasteiger partial charge on any atom is -0.299 e. The van der Waals surface area contributed by atoms with E-state index in [0.29, 0.717) is 0 Å². The minimum absolute atomic E-state index is 0.150. The van der Waals surface area contributed by atoms with E-state index < -0.39 is 0 Å². The van der Waals surface area contributed by atoms with Gasteiger partial charge in [-0.15, -0.1) is 0 Å². The summed E-state index contributed by atoms with van der Waals surface area (Å²) in [6.45, 7) is 3.98. The number of thioether (sulfide) groups is 1. The Labute approximate surface area is 61.1 Å². The summed E-state index contributed by atoms with van der Waals surface area (Å²) in [5.41, 5.74) is -0.150. The summed E-state index contributed by atoms with van der Waals surface area (Å²) in [5.74, 6) is 6.14. The molecule has 0 atom stereocenters. The topological polar surface area (TPSA) is 35.2 Å². The molecule has 0 bridgehead atoms. The number of hydrogen-bond donors (Lipinski definition) is 1. The second-order valence-electron chi connectivity index (χ2n) is 2.62. The Morgan fingerprint density at radius 2 is 2.11 bits per heavy atom. The van der Waals surface area contributed by atoms with Crippen LogP contribution >= 0.6 is 11.8 Å². The van der Waals surface area contributed by atoms with Gasteiger partial charge >= 0.3 is 0 Å². The summed E-state index contributed by atoms with van der Waals surface area (Å²) in [6, 6.07) is 0. The highest BCUT2D eigenvalue weighted by Gasteiger charge is 2.15. The van der Waals surface area contributed by atoms with Gasteiger partial charge in [-0.25, -0.2) is 5.90 Å². The van der Waals surface area contributed by atoms with Crippen LogP contribution in [0.3, 0.4) is 0 Å². The van der Waals surface area contributed by atoms with Crippen molar-refractivity contribution in [3.05, 3.63) is 0 Å². The first-order chi connectivity index (χ1) is 4.12. The summed E-state index contributed by atoms with van der Waals surface area (Å²) >= 11 is 1.81. The van der Waals surface area contributed by atoms with Crippen LogP contribution in [-0.4, -0.2) is 17.6 Å². The summed E-state index contributed by atoms with van der Waals surface area (Å²) in [7, 11) is 0. The highest BCUT2D eigenvalue weighted by molar-refractivity contribution is 7.98. The largest absolute Gasteiger partial charge is 0.299 e. The summed E-state index contributed by atoms with van der Waals surface area (Å²) in [6.07, 6.45) is 3.08. The highest BCUT2D eigenvalue weighted by atomic mass is 32.2. The molecule has 56 valence electrons. The van der Waals surface area contributed by atoms with Crippen LogP contribution in [0.4, 0.5) is 0 Å². The van der Waals surface area contributed by atoms with Crippen molar-refractivity contribution in [1.29, 1.82) is 0 Å². The van der Waals surface area contributed by atoms with E-state index in [4.69, 9.17) is 10.7 Å². The molecule has 0 aliphatic rings. The van der Waals surface area contributed by atoms with E-state index in [1.165, 1.54) is 0 Å². The van der Waals surface area contributed by atoms with Crippen molar-refractivity contribution in [2.24, 2.45) is 5.90 Å². The first kappa shape index (κ1) is 9.27. The standard InChI is InChI=1S/C6H15NOS/c1-6(2,8-7)4-5-9-3/h4-5,7H2,1-3H3. The maximum absolute atomic E-state index is 5.04. The summed E-state index contributed by atoms with van der Waals surface area (Å²) < 4.78 is 0. The fraction of sp³-hybridized carbons (Fsp3) is 1.00. The Kier molecular flexibility index (Phi) is 4.27. The molecular weight excluding hydrogens is 134 g/mol. The third kappa shape index (κ3) is 4.75. The zero-order valence-corrected chi connectivity index (χ0v) is 7.12. The average molecular weight is 149 g/mol. The lowest BCUT2D eigenvalue weighted by Gasteiger charge is -2.20. The van der Waals surface area contributed by atoms with Crippen LogP contribution in [0.25, 0.3) is 0 Å². The Bertz CT molecular complexity index is 75.5. The smallest absolute Gasteiger partial charge is 0.0845 e. The monoisotopic (exact) mass is 149 g/mol. The lowest BCUT2D eigenvalue weighted by molar-refractivity contribution is -0.0209. The fourth-order valence-electron chi connectivity index (χ4n) is 0.407. The molecule has 0 saturated carbocycles. The predicted molar refractivity (Wildman–Crippen MR) is 42.4 cm³/mol. The Balaban J connectivity index is 3.33. The second-order valence-corrected chi connectivity index (χ2v) is 3.61. The van der Waals surface area contributed by atoms with Gasteiger partial charge in [0.25, 0.3) is 0 Å². The molecule has 0 amide bonds. The number of hydrogen-bond acceptors (Lipinski definition) is 3. The third-order valence-electron chi connectivity index (χ3n) is 1.23. The van der Waals surface area contributed by atoms with E-state index in [2.05, 4.69) is 6.26 Å². The van der Waals surface area contributed by atoms with Crippen molar-refractivity contribution < 1.29 is 4.84 Å². The average Bonchev–Trinajstić information content (AvgIpc) is 1.84. The van der Waals surface area contributed by atoms with Crippen LogP contribution in [0.1, 0.15) is 20.3 Å². The molecule has 0 fully saturated rings. The molecule has 0 spiro atoms. The minimum atomic E-state index is -0.150. The molecule has 0 aromatic rings. The van der Waals surface area contributed by atoms with Crippen LogP contribution in [0.2, 0.25) is 0 Å². The van der Waals surface area contributed by atoms with Gasteiger partial charge in [-0.3, -0.25) is 4.84 Å². The van der Waals surface area contributed by atoms with Gasteiger partial charge in [-0.1, -0.05) is 0 Å². The Morgan fingerprint density at radius 1 is 1.56 bits per heavy atom. The zero-order chi connectivity index (χ0) is 7.33. The molecule has 0 aliphatic heterocycles. The van der Waals surface area contributed by atoms with E-state index in [0.717, 1.165) is 12.2 Å². The van der Waals surface area contributed by atoms with Gasteiger partial charge in [0, 0.05) is 0 Å². The zero-order valence-electron chi connectivity index (χ0n) is 6.31. The van der Waals surface area contributed by atoms with E-state index in [1.54, 1.807) is 0 Å². The molecule has 2 N–H and O–H groups in total. The maximum atomic E-state index is 5.04. The van der Waals surface area contributed by atoms with Crippen molar-refractivity contribution in [2.45, 2.75) is 25.9 Å². The molecule has 0 rings (SSSR count). The van der Waals surface area contributed by atoms with Gasteiger partial charge < -0.3 is 0 Å². The molecule has 0 unspecified atom stereocenters. The molecule has 9 heavy (non-hydrogen) atoms. The first-order valence-corrected chi connectivity index (χ1v) is 4.38. The van der Waals surface area contributed by atoms with Crippen LogP contribution < -0.4 is 5.90 Å². The van der Waals surface area contributed by atoms with Crippen molar-refractivity contribution in [3.8, 4) is 0 Å². The third-order valence-corrected chi connectivity index (χ3v) is 1.84. The molecule has 0 heterocycles. The SMILES string of the molecule is CSCCC(C)(C)ON. The Morgan fingerprint density at radius 3 is 2.44 bits per heavy atom. The van der Waals surface area contributed by atoms with Crippen molar-refractivity contribution >= 4 is 11.8 Å². The predicted octanol–water partition coefficient (Wildman–Crippen LogP) is 1.41. The van der Waals surface area contributed by atoms with E-state index in [-0.39, 0.29) is 5.60 Å². The fourth-order valence-corrected chi connectivity index (χ4v) is 1.10. The van der Waals surface area contributed by atoms with Gasteiger partial charge in [0.2, 0.25) is 0 Å². The Hall–Kier alpha value is 0.270. The summed E-state index contributed by atoms with van der Waals surface area (Å²) in [4.78, 5) is 4.73. The van der Waals surface area contributed by atoms with Crippen LogP contribution in [0, 0.1) is 0 Å². The molecular formula is C6H15NOS. The molecule has 0 aromatic carbocycles. The second kappa shape index (κ2) is 4.14. The van der Waals surface area contributed by atoms with Gasteiger partial charge in [0.1, 0.15) is 0 Å². The molecule has 0 saturated heterocycles. The van der Waals surface area contributed by atoms with E-state index >= 15 is 0 Å². The van der Waals surface area contributed by atoms with Crippen molar-refractivity contribution in [2.75, 3.05) is 12.0 Å². The van der Waals surface area contributed by atoms with Gasteiger partial charge in [-0.05, 0) is 32.3 Å². The van der Waals surface area contributed by atoms with Crippen LogP contribution in [0.15, 0.2) is 0 Å². The molecule has 3 heteroatoms. The van der Waals surface area contributed by atoms with E-state index in [1.807, 2.05) is 25.6 Å². The maximum Gasteiger partial charge on any atom is 0.0845 e. The molecule has 0 aromatic heterocycles. The number of rotatable bonds is 4. The van der Waals surface area contributed by atoms with Crippen LogP contribution in [-0.2, 0) is 4.84 Å².